The number of rotatable bonds is 8. The second-order valence-electron chi connectivity index (χ2n) is 4.43. The number of hydrogen-bond acceptors (Lipinski definition) is 6. The summed E-state index contributed by atoms with van der Waals surface area (Å²) in [5, 5.41) is 2.32. The van der Waals surface area contributed by atoms with Gasteiger partial charge in [0.25, 0.3) is 0 Å². The number of nitrogens with two attached hydrogens (primary N) is 1. The van der Waals surface area contributed by atoms with E-state index in [9.17, 15) is 17.8 Å². The number of sulfonamides is 1. The lowest BCUT2D eigenvalue weighted by Crippen LogP contribution is -2.25. The first-order valence-electron chi connectivity index (χ1n) is 6.69. The molecule has 130 valence electrons. The molecule has 0 heterocycles. The Balaban J connectivity index is 3.44. The molecule has 0 unspecified atom stereocenters. The van der Waals surface area contributed by atoms with Gasteiger partial charge in [-0.15, -0.1) is 0 Å². The fraction of sp³-hybridized carbons (Fsp3) is 0.417. The average molecular weight is 365 g/mol. The third-order valence-corrected chi connectivity index (χ3v) is 5.21. The van der Waals surface area contributed by atoms with Crippen LogP contribution >= 0.6 is 7.60 Å². The lowest BCUT2D eigenvalue weighted by Gasteiger charge is -2.21. The maximum Gasteiger partial charge on any atom is 0.363 e. The van der Waals surface area contributed by atoms with Gasteiger partial charge < -0.3 is 20.1 Å². The van der Waals surface area contributed by atoms with Gasteiger partial charge in [-0.25, -0.2) is 13.2 Å². The van der Waals surface area contributed by atoms with Crippen LogP contribution in [-0.2, 0) is 23.6 Å². The predicted octanol–water partition coefficient (Wildman–Crippen LogP) is 1.44. The highest BCUT2D eigenvalue weighted by atomic mass is 32.2. The van der Waals surface area contributed by atoms with E-state index in [1.807, 2.05) is 0 Å². The molecule has 0 aliphatic carbocycles. The first-order chi connectivity index (χ1) is 10.6. The Morgan fingerprint density at radius 2 is 1.83 bits per heavy atom. The monoisotopic (exact) mass is 365 g/mol. The summed E-state index contributed by atoms with van der Waals surface area (Å²) >= 11 is 0. The van der Waals surface area contributed by atoms with Crippen LogP contribution in [-0.4, -0.2) is 33.9 Å². The van der Waals surface area contributed by atoms with Crippen LogP contribution in [0.1, 0.15) is 13.8 Å². The lowest BCUT2D eigenvalue weighted by atomic mass is 10.3. The summed E-state index contributed by atoms with van der Waals surface area (Å²) in [6.07, 6.45) is 0.979. The summed E-state index contributed by atoms with van der Waals surface area (Å²) in [5.41, 5.74) is 5.35. The van der Waals surface area contributed by atoms with Gasteiger partial charge in [-0.1, -0.05) is 0 Å². The molecule has 0 radical (unpaired) electrons. The number of nitrogens with one attached hydrogen (secondary N) is 2. The molecule has 0 atom stereocenters. The molecule has 1 rings (SSSR count). The smallest absolute Gasteiger partial charge is 0.351 e. The Hall–Kier alpha value is -1.61. The minimum atomic E-state index is -3.76. The fourth-order valence-corrected chi connectivity index (χ4v) is 4.10. The zero-order chi connectivity index (χ0) is 17.7. The third-order valence-electron chi connectivity index (χ3n) is 2.45. The average Bonchev–Trinajstić information content (AvgIpc) is 2.38. The van der Waals surface area contributed by atoms with E-state index in [4.69, 9.17) is 14.8 Å². The maximum absolute atomic E-state index is 12.9. The Labute approximate surface area is 135 Å². The molecule has 0 spiro atoms. The van der Waals surface area contributed by atoms with Crippen molar-refractivity contribution in [2.45, 2.75) is 13.8 Å². The van der Waals surface area contributed by atoms with E-state index in [1.165, 1.54) is 18.2 Å². The lowest BCUT2D eigenvalue weighted by molar-refractivity contribution is 0.230. The molecule has 0 aromatic heterocycles. The van der Waals surface area contributed by atoms with Crippen LogP contribution in [0.3, 0.4) is 0 Å². The number of amides is 2. The van der Waals surface area contributed by atoms with Crippen molar-refractivity contribution in [2.75, 3.05) is 29.5 Å². The highest BCUT2D eigenvalue weighted by molar-refractivity contribution is 7.92. The van der Waals surface area contributed by atoms with Gasteiger partial charge >= 0.3 is 13.6 Å². The number of carbonyl (C=O) groups excluding carboxylic acids is 1. The molecule has 0 aliphatic heterocycles. The van der Waals surface area contributed by atoms with Gasteiger partial charge in [-0.05, 0) is 32.0 Å². The molecule has 4 N–H and O–H groups in total. The van der Waals surface area contributed by atoms with Crippen LogP contribution in [0.2, 0.25) is 0 Å². The molecule has 9 nitrogen and oxygen atoms in total. The summed E-state index contributed by atoms with van der Waals surface area (Å²) in [6.45, 7) is 3.45. The fourth-order valence-electron chi connectivity index (χ4n) is 1.79. The first kappa shape index (κ1) is 19.4. The van der Waals surface area contributed by atoms with E-state index < -0.39 is 23.7 Å². The Morgan fingerprint density at radius 3 is 2.26 bits per heavy atom. The van der Waals surface area contributed by atoms with Crippen molar-refractivity contribution in [3.63, 3.8) is 0 Å². The zero-order valence-electron chi connectivity index (χ0n) is 13.0. The predicted molar refractivity (Wildman–Crippen MR) is 88.6 cm³/mol. The van der Waals surface area contributed by atoms with Crippen molar-refractivity contribution in [1.82, 2.24) is 0 Å². The van der Waals surface area contributed by atoms with E-state index in [1.54, 1.807) is 13.8 Å². The number of hydrogen-bond donors (Lipinski definition) is 3. The molecular weight excluding hydrogens is 345 g/mol. The molecular formula is C12H20N3O6PS. The molecule has 2 amide bonds. The summed E-state index contributed by atoms with van der Waals surface area (Å²) in [4.78, 5) is 11.1. The van der Waals surface area contributed by atoms with Crippen LogP contribution in [0, 0.1) is 0 Å². The molecule has 0 bridgehead atoms. The van der Waals surface area contributed by atoms with Crippen molar-refractivity contribution in [1.29, 1.82) is 0 Å². The molecule has 1 aromatic rings. The van der Waals surface area contributed by atoms with Crippen molar-refractivity contribution < 1.29 is 26.8 Å². The SMILES string of the molecule is CCOP(=O)(OCC)c1cc(NS(C)(=O)=O)ccc1NC(N)=O. The highest BCUT2D eigenvalue weighted by Crippen LogP contribution is 2.49. The van der Waals surface area contributed by atoms with Gasteiger partial charge in [0.2, 0.25) is 10.0 Å². The van der Waals surface area contributed by atoms with Crippen molar-refractivity contribution >= 4 is 40.3 Å². The molecule has 0 fully saturated rings. The maximum atomic E-state index is 12.9. The summed E-state index contributed by atoms with van der Waals surface area (Å²) in [5.74, 6) is 0. The molecule has 1 aromatic carbocycles. The Morgan fingerprint density at radius 1 is 1.26 bits per heavy atom. The van der Waals surface area contributed by atoms with Crippen LogP contribution < -0.4 is 21.1 Å². The van der Waals surface area contributed by atoms with E-state index >= 15 is 0 Å². The van der Waals surface area contributed by atoms with Crippen LogP contribution in [0.25, 0.3) is 0 Å². The quantitative estimate of drug-likeness (QED) is 0.596. The number of urea groups is 1. The Kier molecular flexibility index (Phi) is 6.57. The van der Waals surface area contributed by atoms with Crippen LogP contribution in [0.5, 0.6) is 0 Å². The molecule has 0 saturated heterocycles. The van der Waals surface area contributed by atoms with Crippen molar-refractivity contribution in [3.05, 3.63) is 18.2 Å². The van der Waals surface area contributed by atoms with Gasteiger partial charge in [0.1, 0.15) is 0 Å². The largest absolute Gasteiger partial charge is 0.363 e. The number of benzene rings is 1. The van der Waals surface area contributed by atoms with Crippen molar-refractivity contribution in [2.24, 2.45) is 5.73 Å². The normalized spacial score (nSPS) is 12.0. The third kappa shape index (κ3) is 5.83. The van der Waals surface area contributed by atoms with E-state index in [0.29, 0.717) is 0 Å². The second-order valence-corrected chi connectivity index (χ2v) is 8.17. The van der Waals surface area contributed by atoms with E-state index in [-0.39, 0.29) is 29.9 Å². The summed E-state index contributed by atoms with van der Waals surface area (Å²) < 4.78 is 48.3. The topological polar surface area (TPSA) is 137 Å². The van der Waals surface area contributed by atoms with Gasteiger partial charge in [-0.2, -0.15) is 0 Å². The molecule has 0 saturated carbocycles. The number of primary amides is 1. The molecule has 0 aliphatic rings. The van der Waals surface area contributed by atoms with Gasteiger partial charge in [-0.3, -0.25) is 9.29 Å². The minimum absolute atomic E-state index is 0.00801. The van der Waals surface area contributed by atoms with Gasteiger partial charge in [0.15, 0.2) is 0 Å². The number of anilines is 2. The van der Waals surface area contributed by atoms with Crippen LogP contribution in [0.15, 0.2) is 18.2 Å². The van der Waals surface area contributed by atoms with Crippen LogP contribution in [0.4, 0.5) is 16.2 Å². The Bertz CT molecular complexity index is 712. The number of carbonyl (C=O) groups is 1. The second kappa shape index (κ2) is 7.78. The highest BCUT2D eigenvalue weighted by Gasteiger charge is 2.31. The first-order valence-corrected chi connectivity index (χ1v) is 10.1. The molecule has 11 heteroatoms. The standard InChI is InChI=1S/C12H20N3O6PS/c1-4-20-22(17,21-5-2)11-8-9(15-23(3,18)19)6-7-10(11)14-12(13)16/h6-8,15H,4-5H2,1-3H3,(H3,13,14,16). The van der Waals surface area contributed by atoms with Gasteiger partial charge in [0.05, 0.1) is 30.5 Å². The van der Waals surface area contributed by atoms with E-state index in [0.717, 1.165) is 6.26 Å². The summed E-state index contributed by atoms with van der Waals surface area (Å²) in [7, 11) is -7.30. The van der Waals surface area contributed by atoms with Gasteiger partial charge in [0, 0.05) is 5.69 Å². The molecule has 23 heavy (non-hydrogen) atoms. The van der Waals surface area contributed by atoms with Crippen molar-refractivity contribution in [3.8, 4) is 0 Å². The summed E-state index contributed by atoms with van der Waals surface area (Å²) in [6, 6.07) is 3.16. The zero-order valence-corrected chi connectivity index (χ0v) is 14.7. The van der Waals surface area contributed by atoms with E-state index in [2.05, 4.69) is 10.0 Å². The minimum Gasteiger partial charge on any atom is -0.351 e.